The third kappa shape index (κ3) is 3.73. The van der Waals surface area contributed by atoms with Gasteiger partial charge in [-0.3, -0.25) is 0 Å². The monoisotopic (exact) mass is 468 g/mol. The van der Waals surface area contributed by atoms with E-state index in [-0.39, 0.29) is 15.3 Å². The van der Waals surface area contributed by atoms with Crippen molar-refractivity contribution in [1.82, 2.24) is 0 Å². The summed E-state index contributed by atoms with van der Waals surface area (Å²) < 4.78 is 5.85. The predicted molar refractivity (Wildman–Crippen MR) is 113 cm³/mol. The summed E-state index contributed by atoms with van der Waals surface area (Å²) in [4.78, 5) is 20.6. The molecule has 1 aromatic rings. The SMILES string of the molecule is CCCC[C@]1([Sn]([CH3])([CH3])[CH3])[C@H](C(=O)OCC)[C@H]1[Si](C)(C)c1ccccc1. The molecule has 0 bridgehead atoms. The van der Waals surface area contributed by atoms with Crippen LogP contribution >= 0.6 is 0 Å². The van der Waals surface area contributed by atoms with E-state index >= 15 is 0 Å². The van der Waals surface area contributed by atoms with Gasteiger partial charge in [0.05, 0.1) is 0 Å². The Morgan fingerprint density at radius 2 is 1.76 bits per heavy atom. The van der Waals surface area contributed by atoms with Gasteiger partial charge in [0.2, 0.25) is 0 Å². The van der Waals surface area contributed by atoms with Crippen LogP contribution in [0, 0.1) is 5.92 Å². The van der Waals surface area contributed by atoms with Crippen LogP contribution in [0.2, 0.25) is 36.9 Å². The van der Waals surface area contributed by atoms with Crippen molar-refractivity contribution < 1.29 is 9.53 Å². The van der Waals surface area contributed by atoms with Gasteiger partial charge in [-0.05, 0) is 0 Å². The standard InChI is InChI=1S/C18H27O2Si.3CH3.Sn/c1-5-7-13-15-16(18(19)20-6-2)17(15)21(3,4)14-11-9-8-10-12-14;;;;/h8-12,16-17H,5-7,13H2,1-4H3;3*1H3;/t16-,17-;;;;/m0..../s1. The van der Waals surface area contributed by atoms with Gasteiger partial charge in [0, 0.05) is 0 Å². The maximum atomic E-state index is 13.0. The molecule has 140 valence electrons. The molecule has 1 aliphatic carbocycles. The molecule has 0 heterocycles. The quantitative estimate of drug-likeness (QED) is 0.376. The van der Waals surface area contributed by atoms with Crippen LogP contribution in [0.4, 0.5) is 0 Å². The van der Waals surface area contributed by atoms with Crippen molar-refractivity contribution in [3.8, 4) is 0 Å². The fourth-order valence-electron chi connectivity index (χ4n) is 5.21. The van der Waals surface area contributed by atoms with Gasteiger partial charge in [-0.25, -0.2) is 0 Å². The van der Waals surface area contributed by atoms with E-state index in [0.29, 0.717) is 12.1 Å². The van der Waals surface area contributed by atoms with Gasteiger partial charge in [0.25, 0.3) is 0 Å². The van der Waals surface area contributed by atoms with E-state index in [1.807, 2.05) is 6.92 Å². The fraction of sp³-hybridized carbons (Fsp3) is 0.667. The molecule has 2 nitrogen and oxygen atoms in total. The molecule has 0 aliphatic heterocycles. The number of unbranched alkanes of at least 4 members (excludes halogenated alkanes) is 1. The zero-order valence-electron chi connectivity index (χ0n) is 17.2. The van der Waals surface area contributed by atoms with Gasteiger partial charge in [-0.1, -0.05) is 0 Å². The number of carbonyl (C=O) groups is 1. The third-order valence-electron chi connectivity index (χ3n) is 6.51. The van der Waals surface area contributed by atoms with E-state index in [4.69, 9.17) is 4.74 Å². The molecule has 0 spiro atoms. The van der Waals surface area contributed by atoms with Crippen LogP contribution in [0.3, 0.4) is 0 Å². The summed E-state index contributed by atoms with van der Waals surface area (Å²) in [7, 11) is -1.74. The van der Waals surface area contributed by atoms with Gasteiger partial charge in [0.15, 0.2) is 0 Å². The second-order valence-electron chi connectivity index (χ2n) is 9.19. The molecule has 0 radical (unpaired) electrons. The van der Waals surface area contributed by atoms with Crippen LogP contribution in [0.25, 0.3) is 0 Å². The number of rotatable bonds is 8. The number of hydrogen-bond acceptors (Lipinski definition) is 2. The molecule has 1 saturated carbocycles. The topological polar surface area (TPSA) is 26.3 Å². The zero-order chi connectivity index (χ0) is 18.9. The maximum absolute atomic E-state index is 13.0. The normalized spacial score (nSPS) is 26.4. The Morgan fingerprint density at radius 3 is 2.24 bits per heavy atom. The first-order valence-corrected chi connectivity index (χ1v) is 22.9. The molecule has 0 amide bonds. The van der Waals surface area contributed by atoms with Gasteiger partial charge in [-0.2, -0.15) is 0 Å². The number of esters is 1. The van der Waals surface area contributed by atoms with Crippen molar-refractivity contribution in [2.24, 2.45) is 5.92 Å². The molecule has 0 saturated heterocycles. The second-order valence-corrected chi connectivity index (χ2v) is 29.3. The Labute approximate surface area is 159 Å². The number of hydrogen-bond donors (Lipinski definition) is 0. The van der Waals surface area contributed by atoms with Crippen LogP contribution in [0.15, 0.2) is 30.3 Å². The first-order valence-electron chi connectivity index (χ1n) is 9.86. The van der Waals surface area contributed by atoms with Crippen molar-refractivity contribution in [1.29, 1.82) is 0 Å². The van der Waals surface area contributed by atoms with Gasteiger partial charge < -0.3 is 0 Å². The molecule has 0 unspecified atom stereocenters. The zero-order valence-corrected chi connectivity index (χ0v) is 21.0. The molecular formula is C21H36O2SiSn. The van der Waals surface area contributed by atoms with E-state index in [0.717, 1.165) is 0 Å². The molecule has 0 aromatic heterocycles. The minimum absolute atomic E-state index is 0.0896. The molecule has 0 N–H and O–H groups in total. The molecule has 1 aliphatic rings. The average molecular weight is 467 g/mol. The van der Waals surface area contributed by atoms with Crippen molar-refractivity contribution in [2.45, 2.75) is 70.0 Å². The summed E-state index contributed by atoms with van der Waals surface area (Å²) in [5.74, 6) is 0.239. The van der Waals surface area contributed by atoms with Crippen LogP contribution < -0.4 is 5.19 Å². The van der Waals surface area contributed by atoms with Gasteiger partial charge in [-0.15, -0.1) is 0 Å². The van der Waals surface area contributed by atoms with E-state index in [2.05, 4.69) is 65.2 Å². The Morgan fingerprint density at radius 1 is 1.16 bits per heavy atom. The Balaban J connectivity index is 2.49. The van der Waals surface area contributed by atoms with Crippen molar-refractivity contribution in [3.05, 3.63) is 30.3 Å². The second kappa shape index (κ2) is 7.75. The van der Waals surface area contributed by atoms with Crippen LogP contribution in [-0.4, -0.2) is 39.0 Å². The summed E-state index contributed by atoms with van der Waals surface area (Å²) >= 11 is -2.38. The summed E-state index contributed by atoms with van der Waals surface area (Å²) in [5, 5.41) is 1.49. The first-order chi connectivity index (χ1) is 11.6. The van der Waals surface area contributed by atoms with Crippen molar-refractivity contribution >= 4 is 37.6 Å². The summed E-state index contributed by atoms with van der Waals surface area (Å²) in [6.07, 6.45) is 3.67. The average Bonchev–Trinajstić information content (AvgIpc) is 3.25. The van der Waals surface area contributed by atoms with Crippen molar-refractivity contribution in [2.75, 3.05) is 6.61 Å². The summed E-state index contributed by atoms with van der Waals surface area (Å²) in [6, 6.07) is 11.0. The summed E-state index contributed by atoms with van der Waals surface area (Å²) in [6.45, 7) is 9.65. The van der Waals surface area contributed by atoms with E-state index < -0.39 is 26.5 Å². The minimum atomic E-state index is -2.38. The number of carbonyl (C=O) groups excluding carboxylic acids is 1. The Kier molecular flexibility index (Phi) is 6.51. The molecular weight excluding hydrogens is 431 g/mol. The Hall–Kier alpha value is -0.294. The van der Waals surface area contributed by atoms with Crippen LogP contribution in [0.1, 0.15) is 33.1 Å². The van der Waals surface area contributed by atoms with Gasteiger partial charge in [0.1, 0.15) is 0 Å². The number of benzene rings is 1. The van der Waals surface area contributed by atoms with E-state index in [1.165, 1.54) is 24.4 Å². The van der Waals surface area contributed by atoms with Crippen LogP contribution in [0.5, 0.6) is 0 Å². The third-order valence-corrected chi connectivity index (χ3v) is 22.0. The predicted octanol–water partition coefficient (Wildman–Crippen LogP) is 5.43. The molecule has 1 fully saturated rings. The molecule has 4 heteroatoms. The van der Waals surface area contributed by atoms with E-state index in [9.17, 15) is 4.79 Å². The molecule has 25 heavy (non-hydrogen) atoms. The van der Waals surface area contributed by atoms with E-state index in [1.54, 1.807) is 0 Å². The fourth-order valence-corrected chi connectivity index (χ4v) is 24.9. The van der Waals surface area contributed by atoms with Crippen LogP contribution in [-0.2, 0) is 9.53 Å². The first kappa shape index (κ1) is 21.0. The molecule has 2 rings (SSSR count). The number of ether oxygens (including phenoxy) is 1. The summed E-state index contributed by atoms with van der Waals surface area (Å²) in [5.41, 5.74) is 0.545. The van der Waals surface area contributed by atoms with Crippen molar-refractivity contribution in [3.63, 3.8) is 0 Å². The molecule has 1 aromatic carbocycles. The van der Waals surface area contributed by atoms with Gasteiger partial charge >= 0.3 is 160 Å². The molecule has 3 atom stereocenters. The Bertz CT molecular complexity index is 594.